The number of likely N-dealkylation sites (tertiary alicyclic amines) is 1. The van der Waals surface area contributed by atoms with Gasteiger partial charge in [0.25, 0.3) is 0 Å². The molecule has 2 atom stereocenters. The highest BCUT2D eigenvalue weighted by Crippen LogP contribution is 2.33. The molecule has 0 aromatic carbocycles. The Hall–Kier alpha value is -0.110. The zero-order valence-corrected chi connectivity index (χ0v) is 8.60. The molecular formula is C10H20FN. The van der Waals surface area contributed by atoms with Crippen LogP contribution in [0.3, 0.4) is 0 Å². The van der Waals surface area contributed by atoms with Crippen molar-refractivity contribution in [2.45, 2.75) is 46.3 Å². The Balaban J connectivity index is 2.64. The standard InChI is InChI=1S/C10H20FN/c1-5-12-7-8(11)6-9(12)10(2,3)4/h8-9H,5-7H2,1-4H3. The van der Waals surface area contributed by atoms with Gasteiger partial charge in [0.15, 0.2) is 0 Å². The Morgan fingerprint density at radius 3 is 2.33 bits per heavy atom. The highest BCUT2D eigenvalue weighted by atomic mass is 19.1. The fourth-order valence-corrected chi connectivity index (χ4v) is 2.10. The van der Waals surface area contributed by atoms with Crippen LogP contribution >= 0.6 is 0 Å². The van der Waals surface area contributed by atoms with E-state index in [0.29, 0.717) is 12.6 Å². The van der Waals surface area contributed by atoms with E-state index in [-0.39, 0.29) is 5.41 Å². The first-order valence-electron chi connectivity index (χ1n) is 4.83. The largest absolute Gasteiger partial charge is 0.297 e. The van der Waals surface area contributed by atoms with Crippen molar-refractivity contribution in [2.24, 2.45) is 5.41 Å². The molecule has 0 amide bonds. The molecular weight excluding hydrogens is 153 g/mol. The van der Waals surface area contributed by atoms with Crippen molar-refractivity contribution in [3.05, 3.63) is 0 Å². The molecule has 1 aliphatic rings. The van der Waals surface area contributed by atoms with Crippen molar-refractivity contribution in [1.29, 1.82) is 0 Å². The summed E-state index contributed by atoms with van der Waals surface area (Å²) in [5.74, 6) is 0. The third kappa shape index (κ3) is 1.98. The van der Waals surface area contributed by atoms with Gasteiger partial charge in [0.1, 0.15) is 6.17 Å². The molecule has 0 radical (unpaired) electrons. The molecule has 12 heavy (non-hydrogen) atoms. The van der Waals surface area contributed by atoms with Gasteiger partial charge in [-0.05, 0) is 18.4 Å². The molecule has 0 bridgehead atoms. The van der Waals surface area contributed by atoms with Crippen molar-refractivity contribution in [2.75, 3.05) is 13.1 Å². The predicted molar refractivity (Wildman–Crippen MR) is 50.0 cm³/mol. The average Bonchev–Trinajstić information content (AvgIpc) is 2.29. The summed E-state index contributed by atoms with van der Waals surface area (Å²) in [4.78, 5) is 2.25. The Kier molecular flexibility index (Phi) is 2.77. The molecule has 1 heterocycles. The van der Waals surface area contributed by atoms with E-state index in [0.717, 1.165) is 13.0 Å². The van der Waals surface area contributed by atoms with Gasteiger partial charge in [-0.3, -0.25) is 4.90 Å². The summed E-state index contributed by atoms with van der Waals surface area (Å²) >= 11 is 0. The average molecular weight is 173 g/mol. The van der Waals surface area contributed by atoms with Crippen molar-refractivity contribution in [3.63, 3.8) is 0 Å². The Bertz CT molecular complexity index is 150. The van der Waals surface area contributed by atoms with Crippen molar-refractivity contribution >= 4 is 0 Å². The second-order valence-electron chi connectivity index (χ2n) is 4.80. The van der Waals surface area contributed by atoms with Gasteiger partial charge >= 0.3 is 0 Å². The van der Waals surface area contributed by atoms with Crippen LogP contribution in [0.4, 0.5) is 4.39 Å². The van der Waals surface area contributed by atoms with Crippen LogP contribution in [0.1, 0.15) is 34.1 Å². The lowest BCUT2D eigenvalue weighted by Gasteiger charge is -2.33. The van der Waals surface area contributed by atoms with Gasteiger partial charge in [0.2, 0.25) is 0 Å². The molecule has 0 aromatic rings. The molecule has 1 rings (SSSR count). The maximum absolute atomic E-state index is 13.1. The third-order valence-electron chi connectivity index (χ3n) is 2.76. The van der Waals surface area contributed by atoms with Crippen molar-refractivity contribution < 1.29 is 4.39 Å². The second kappa shape index (κ2) is 3.33. The molecule has 0 aliphatic carbocycles. The molecule has 0 spiro atoms. The van der Waals surface area contributed by atoms with Crippen LogP contribution in [0.25, 0.3) is 0 Å². The fraction of sp³-hybridized carbons (Fsp3) is 1.00. The lowest BCUT2D eigenvalue weighted by molar-refractivity contribution is 0.147. The normalized spacial score (nSPS) is 32.8. The summed E-state index contributed by atoms with van der Waals surface area (Å²) in [5.41, 5.74) is 0.219. The first-order valence-corrected chi connectivity index (χ1v) is 4.83. The summed E-state index contributed by atoms with van der Waals surface area (Å²) < 4.78 is 13.1. The Morgan fingerprint density at radius 2 is 2.00 bits per heavy atom. The quantitative estimate of drug-likeness (QED) is 0.589. The molecule has 2 unspecified atom stereocenters. The summed E-state index contributed by atoms with van der Waals surface area (Å²) in [6.07, 6.45) is 0.117. The fourth-order valence-electron chi connectivity index (χ4n) is 2.10. The van der Waals surface area contributed by atoms with Gasteiger partial charge < -0.3 is 0 Å². The van der Waals surface area contributed by atoms with Crippen LogP contribution in [0.15, 0.2) is 0 Å². The van der Waals surface area contributed by atoms with Crippen LogP contribution < -0.4 is 0 Å². The first kappa shape index (κ1) is 9.97. The number of rotatable bonds is 1. The smallest absolute Gasteiger partial charge is 0.114 e. The molecule has 0 aromatic heterocycles. The predicted octanol–water partition coefficient (Wildman–Crippen LogP) is 2.46. The second-order valence-corrected chi connectivity index (χ2v) is 4.80. The van der Waals surface area contributed by atoms with E-state index < -0.39 is 6.17 Å². The summed E-state index contributed by atoms with van der Waals surface area (Å²) in [6, 6.07) is 0.428. The SMILES string of the molecule is CCN1CC(F)CC1C(C)(C)C. The monoisotopic (exact) mass is 173 g/mol. The minimum absolute atomic E-state index is 0.219. The number of hydrogen-bond acceptors (Lipinski definition) is 1. The van der Waals surface area contributed by atoms with Gasteiger partial charge in [-0.25, -0.2) is 4.39 Å². The molecule has 1 nitrogen and oxygen atoms in total. The highest BCUT2D eigenvalue weighted by Gasteiger charge is 2.38. The Morgan fingerprint density at radius 1 is 1.42 bits per heavy atom. The molecule has 1 aliphatic heterocycles. The van der Waals surface area contributed by atoms with Crippen LogP contribution in [0.2, 0.25) is 0 Å². The summed E-state index contributed by atoms with van der Waals surface area (Å²) in [7, 11) is 0. The molecule has 0 N–H and O–H groups in total. The topological polar surface area (TPSA) is 3.24 Å². The summed E-state index contributed by atoms with van der Waals surface area (Å²) in [5, 5.41) is 0. The number of nitrogens with zero attached hydrogens (tertiary/aromatic N) is 1. The van der Waals surface area contributed by atoms with Crippen LogP contribution in [0.5, 0.6) is 0 Å². The molecule has 1 fully saturated rings. The van der Waals surface area contributed by atoms with Crippen LogP contribution in [-0.2, 0) is 0 Å². The lowest BCUT2D eigenvalue weighted by atomic mass is 9.85. The Labute approximate surface area is 74.9 Å². The maximum Gasteiger partial charge on any atom is 0.114 e. The number of alkyl halides is 1. The van der Waals surface area contributed by atoms with E-state index in [4.69, 9.17) is 0 Å². The molecule has 0 saturated carbocycles. The van der Waals surface area contributed by atoms with Gasteiger partial charge in [0.05, 0.1) is 0 Å². The zero-order chi connectivity index (χ0) is 9.35. The van der Waals surface area contributed by atoms with E-state index in [1.54, 1.807) is 0 Å². The van der Waals surface area contributed by atoms with Gasteiger partial charge in [-0.1, -0.05) is 27.7 Å². The number of hydrogen-bond donors (Lipinski definition) is 0. The van der Waals surface area contributed by atoms with E-state index >= 15 is 0 Å². The maximum atomic E-state index is 13.1. The molecule has 1 saturated heterocycles. The van der Waals surface area contributed by atoms with Gasteiger partial charge in [-0.2, -0.15) is 0 Å². The highest BCUT2D eigenvalue weighted by molar-refractivity contribution is 4.91. The van der Waals surface area contributed by atoms with E-state index in [1.807, 2.05) is 0 Å². The number of halogens is 1. The minimum atomic E-state index is -0.603. The molecule has 2 heteroatoms. The van der Waals surface area contributed by atoms with Crippen molar-refractivity contribution in [3.8, 4) is 0 Å². The van der Waals surface area contributed by atoms with Gasteiger partial charge in [-0.15, -0.1) is 0 Å². The van der Waals surface area contributed by atoms with E-state index in [2.05, 4.69) is 32.6 Å². The van der Waals surface area contributed by atoms with Crippen LogP contribution in [0, 0.1) is 5.41 Å². The summed E-state index contributed by atoms with van der Waals surface area (Å²) in [6.45, 7) is 10.3. The minimum Gasteiger partial charge on any atom is -0.297 e. The molecule has 72 valence electrons. The van der Waals surface area contributed by atoms with E-state index in [1.165, 1.54) is 0 Å². The third-order valence-corrected chi connectivity index (χ3v) is 2.76. The first-order chi connectivity index (χ1) is 5.45. The van der Waals surface area contributed by atoms with Gasteiger partial charge in [0, 0.05) is 12.6 Å². The van der Waals surface area contributed by atoms with Crippen molar-refractivity contribution in [1.82, 2.24) is 4.90 Å². The zero-order valence-electron chi connectivity index (χ0n) is 8.60. The van der Waals surface area contributed by atoms with E-state index in [9.17, 15) is 4.39 Å². The van der Waals surface area contributed by atoms with Crippen LogP contribution in [-0.4, -0.2) is 30.2 Å². The lowest BCUT2D eigenvalue weighted by Crippen LogP contribution is -2.39.